The zero-order valence-corrected chi connectivity index (χ0v) is 18.7. The molecule has 0 bridgehead atoms. The molecule has 0 aliphatic carbocycles. The molecule has 0 saturated carbocycles. The summed E-state index contributed by atoms with van der Waals surface area (Å²) in [5, 5.41) is 9.17. The topological polar surface area (TPSA) is 90.5 Å². The average molecular weight is 445 g/mol. The number of ketones is 1. The number of likely N-dealkylation sites (tertiary alicyclic amines) is 1. The first-order valence-corrected chi connectivity index (χ1v) is 11.3. The molecule has 1 unspecified atom stereocenters. The van der Waals surface area contributed by atoms with E-state index < -0.39 is 6.09 Å². The van der Waals surface area contributed by atoms with Crippen molar-refractivity contribution >= 4 is 11.9 Å². The van der Waals surface area contributed by atoms with Gasteiger partial charge in [0.25, 0.3) is 0 Å². The van der Waals surface area contributed by atoms with Crippen molar-refractivity contribution in [3.05, 3.63) is 105 Å². The second-order valence-corrected chi connectivity index (χ2v) is 8.69. The smallest absolute Gasteiger partial charge is 0.407 e. The number of amides is 1. The van der Waals surface area contributed by atoms with E-state index in [1.165, 1.54) is 22.7 Å². The van der Waals surface area contributed by atoms with Crippen molar-refractivity contribution in [2.24, 2.45) is 0 Å². The van der Waals surface area contributed by atoms with E-state index in [-0.39, 0.29) is 17.3 Å². The lowest BCUT2D eigenvalue weighted by Gasteiger charge is -2.30. The van der Waals surface area contributed by atoms with Crippen molar-refractivity contribution in [1.29, 1.82) is 0 Å². The van der Waals surface area contributed by atoms with E-state index in [0.717, 1.165) is 29.5 Å². The van der Waals surface area contributed by atoms with Gasteiger partial charge in [-0.05, 0) is 54.0 Å². The van der Waals surface area contributed by atoms with Crippen LogP contribution in [0.2, 0.25) is 0 Å². The van der Waals surface area contributed by atoms with Gasteiger partial charge in [-0.15, -0.1) is 0 Å². The molecule has 2 aromatic carbocycles. The zero-order chi connectivity index (χ0) is 23.4. The van der Waals surface area contributed by atoms with Crippen molar-refractivity contribution < 1.29 is 14.7 Å². The second kappa shape index (κ2) is 9.86. The van der Waals surface area contributed by atoms with Gasteiger partial charge in [0.05, 0.1) is 0 Å². The van der Waals surface area contributed by atoms with Crippen molar-refractivity contribution in [2.75, 3.05) is 13.1 Å². The highest BCUT2D eigenvalue weighted by Crippen LogP contribution is 2.34. The molecule has 2 N–H and O–H groups in total. The minimum atomic E-state index is -0.850. The van der Waals surface area contributed by atoms with E-state index in [1.807, 2.05) is 12.1 Å². The monoisotopic (exact) mass is 444 g/mol. The number of benzene rings is 2. The lowest BCUT2D eigenvalue weighted by molar-refractivity contribution is 0.0977. The molecule has 6 heteroatoms. The Morgan fingerprint density at radius 3 is 2.33 bits per heavy atom. The highest BCUT2D eigenvalue weighted by Gasteiger charge is 2.25. The van der Waals surface area contributed by atoms with Crippen molar-refractivity contribution in [3.63, 3.8) is 0 Å². The first-order valence-electron chi connectivity index (χ1n) is 11.3. The summed E-state index contributed by atoms with van der Waals surface area (Å²) < 4.78 is 0. The molecule has 3 aromatic rings. The third kappa shape index (κ3) is 5.22. The average Bonchev–Trinajstić information content (AvgIpc) is 2.83. The van der Waals surface area contributed by atoms with Gasteiger partial charge in [0.2, 0.25) is 5.56 Å². The molecule has 0 spiro atoms. The van der Waals surface area contributed by atoms with Crippen LogP contribution in [0.25, 0.3) is 0 Å². The van der Waals surface area contributed by atoms with Crippen molar-refractivity contribution in [3.8, 4) is 0 Å². The Morgan fingerprint density at radius 1 is 1.03 bits per heavy atom. The van der Waals surface area contributed by atoms with Crippen LogP contribution >= 0.6 is 0 Å². The largest absolute Gasteiger partial charge is 0.465 e. The van der Waals surface area contributed by atoms with E-state index >= 15 is 0 Å². The number of aromatic amines is 1. The van der Waals surface area contributed by atoms with Gasteiger partial charge >= 0.3 is 6.09 Å². The molecule has 6 nitrogen and oxygen atoms in total. The molecule has 4 rings (SSSR count). The number of hydrogen-bond donors (Lipinski definition) is 2. The molecule has 1 amide bonds. The van der Waals surface area contributed by atoms with Crippen LogP contribution in [0.5, 0.6) is 0 Å². The quantitative estimate of drug-likeness (QED) is 0.527. The number of rotatable bonds is 6. The Hall–Kier alpha value is -3.67. The summed E-state index contributed by atoms with van der Waals surface area (Å²) in [4.78, 5) is 39.6. The van der Waals surface area contributed by atoms with E-state index in [9.17, 15) is 19.5 Å². The summed E-state index contributed by atoms with van der Waals surface area (Å²) in [5.74, 6) is 0.215. The number of carbonyl (C=O) groups excluding carboxylic acids is 1. The van der Waals surface area contributed by atoms with Gasteiger partial charge in [0.15, 0.2) is 5.78 Å². The number of hydrogen-bond acceptors (Lipinski definition) is 3. The van der Waals surface area contributed by atoms with Crippen LogP contribution in [0.15, 0.2) is 71.7 Å². The third-order valence-electron chi connectivity index (χ3n) is 6.64. The molecule has 33 heavy (non-hydrogen) atoms. The Kier molecular flexibility index (Phi) is 6.73. The standard InChI is InChI=1S/C27H28N2O4/c1-18-4-2-3-5-23(18)24(16-25(30)22-10-11-26(31)28-17-22)21-8-6-19(7-9-21)20-12-14-29(15-13-20)27(32)33/h2-11,17,20,24H,12-16H2,1H3,(H,28,31)(H,32,33). The molecule has 1 aliphatic rings. The number of pyridine rings is 1. The fourth-order valence-electron chi connectivity index (χ4n) is 4.68. The van der Waals surface area contributed by atoms with Gasteiger partial charge < -0.3 is 15.0 Å². The molecule has 1 saturated heterocycles. The highest BCUT2D eigenvalue weighted by molar-refractivity contribution is 5.96. The van der Waals surface area contributed by atoms with Gasteiger partial charge in [-0.2, -0.15) is 0 Å². The summed E-state index contributed by atoms with van der Waals surface area (Å²) in [7, 11) is 0. The molecule has 1 aromatic heterocycles. The number of nitrogens with one attached hydrogen (secondary N) is 1. The summed E-state index contributed by atoms with van der Waals surface area (Å²) in [5.41, 5.74) is 4.77. The molecular formula is C27H28N2O4. The van der Waals surface area contributed by atoms with Crippen LogP contribution in [0.1, 0.15) is 63.7 Å². The lowest BCUT2D eigenvalue weighted by Crippen LogP contribution is -2.36. The Balaban J connectivity index is 1.57. The first-order chi connectivity index (χ1) is 15.9. The molecule has 1 atom stereocenters. The number of carbonyl (C=O) groups is 2. The predicted molar refractivity (Wildman–Crippen MR) is 127 cm³/mol. The van der Waals surface area contributed by atoms with Crippen molar-refractivity contribution in [2.45, 2.75) is 38.0 Å². The number of Topliss-reactive ketones (excluding diaryl/α,β-unsaturated/α-hetero) is 1. The molecule has 1 fully saturated rings. The Morgan fingerprint density at radius 2 is 1.73 bits per heavy atom. The highest BCUT2D eigenvalue weighted by atomic mass is 16.4. The van der Waals surface area contributed by atoms with E-state index in [1.54, 1.807) is 6.07 Å². The number of H-pyrrole nitrogens is 1. The summed E-state index contributed by atoms with van der Waals surface area (Å²) in [6.45, 7) is 3.17. The predicted octanol–water partition coefficient (Wildman–Crippen LogP) is 4.95. The van der Waals surface area contributed by atoms with Gasteiger partial charge in [-0.1, -0.05) is 48.5 Å². The van der Waals surface area contributed by atoms with E-state index in [2.05, 4.69) is 48.3 Å². The molecule has 170 valence electrons. The molecule has 2 heterocycles. The number of carboxylic acid groups (broad SMARTS) is 1. The zero-order valence-electron chi connectivity index (χ0n) is 18.7. The van der Waals surface area contributed by atoms with Crippen LogP contribution in [-0.2, 0) is 0 Å². The summed E-state index contributed by atoms with van der Waals surface area (Å²) in [6, 6.07) is 19.5. The normalized spacial score (nSPS) is 15.2. The maximum absolute atomic E-state index is 13.0. The van der Waals surface area contributed by atoms with Crippen LogP contribution < -0.4 is 5.56 Å². The fraction of sp³-hybridized carbons (Fsp3) is 0.296. The second-order valence-electron chi connectivity index (χ2n) is 8.69. The number of aryl methyl sites for hydroxylation is 1. The minimum absolute atomic E-state index is 0.0235. The van der Waals surface area contributed by atoms with E-state index in [0.29, 0.717) is 31.0 Å². The third-order valence-corrected chi connectivity index (χ3v) is 6.64. The van der Waals surface area contributed by atoms with Crippen LogP contribution in [0.3, 0.4) is 0 Å². The van der Waals surface area contributed by atoms with Gasteiger partial charge in [0, 0.05) is 43.3 Å². The molecule has 0 radical (unpaired) electrons. The minimum Gasteiger partial charge on any atom is -0.465 e. The SMILES string of the molecule is Cc1ccccc1C(CC(=O)c1ccc(=O)[nH]c1)c1ccc(C2CCN(C(=O)O)CC2)cc1. The van der Waals surface area contributed by atoms with Gasteiger partial charge in [0.1, 0.15) is 0 Å². The first kappa shape index (κ1) is 22.5. The number of piperidine rings is 1. The number of aromatic nitrogens is 1. The summed E-state index contributed by atoms with van der Waals surface area (Å²) >= 11 is 0. The summed E-state index contributed by atoms with van der Waals surface area (Å²) in [6.07, 6.45) is 2.56. The number of nitrogens with zero attached hydrogens (tertiary/aromatic N) is 1. The maximum atomic E-state index is 13.0. The Bertz CT molecular complexity index is 1170. The lowest BCUT2D eigenvalue weighted by atomic mass is 9.82. The maximum Gasteiger partial charge on any atom is 0.407 e. The Labute approximate surface area is 192 Å². The van der Waals surface area contributed by atoms with Crippen LogP contribution in [0, 0.1) is 6.92 Å². The van der Waals surface area contributed by atoms with Gasteiger partial charge in [-0.3, -0.25) is 9.59 Å². The van der Waals surface area contributed by atoms with Gasteiger partial charge in [-0.25, -0.2) is 4.79 Å². The van der Waals surface area contributed by atoms with Crippen LogP contribution in [-0.4, -0.2) is 40.0 Å². The van der Waals surface area contributed by atoms with Crippen molar-refractivity contribution in [1.82, 2.24) is 9.88 Å². The van der Waals surface area contributed by atoms with E-state index in [4.69, 9.17) is 0 Å². The van der Waals surface area contributed by atoms with Crippen LogP contribution in [0.4, 0.5) is 4.79 Å². The fourth-order valence-corrected chi connectivity index (χ4v) is 4.68. The molecule has 1 aliphatic heterocycles. The molecular weight excluding hydrogens is 416 g/mol.